The lowest BCUT2D eigenvalue weighted by Gasteiger charge is -2.14. The number of nitrogens with one attached hydrogen (secondary N) is 1. The SMILES string of the molecule is CC(C)c1cc2c(NC3CC3)nc(-n3cc(C(=O)O)cn3)nc2cc1Cl. The molecule has 1 fully saturated rings. The van der Waals surface area contributed by atoms with E-state index in [1.807, 2.05) is 12.1 Å². The summed E-state index contributed by atoms with van der Waals surface area (Å²) in [5, 5.41) is 18.2. The number of benzene rings is 1. The summed E-state index contributed by atoms with van der Waals surface area (Å²) in [5.74, 6) is 0.266. The number of carboxylic acid groups (broad SMARTS) is 1. The van der Waals surface area contributed by atoms with Crippen LogP contribution in [-0.2, 0) is 0 Å². The molecule has 2 heterocycles. The first kappa shape index (κ1) is 16.8. The molecule has 1 aliphatic carbocycles. The van der Waals surface area contributed by atoms with Crippen LogP contribution in [0.4, 0.5) is 5.82 Å². The zero-order valence-electron chi connectivity index (χ0n) is 14.4. The Morgan fingerprint density at radius 1 is 1.35 bits per heavy atom. The van der Waals surface area contributed by atoms with Crippen LogP contribution in [0.5, 0.6) is 0 Å². The topological polar surface area (TPSA) is 92.9 Å². The van der Waals surface area contributed by atoms with E-state index in [4.69, 9.17) is 16.7 Å². The summed E-state index contributed by atoms with van der Waals surface area (Å²) < 4.78 is 1.37. The smallest absolute Gasteiger partial charge is 0.338 e. The van der Waals surface area contributed by atoms with Gasteiger partial charge in [0.2, 0.25) is 0 Å². The highest BCUT2D eigenvalue weighted by Gasteiger charge is 2.24. The number of aromatic carboxylic acids is 1. The standard InChI is InChI=1S/C18H18ClN5O2/c1-9(2)12-5-13-15(6-14(12)19)22-18(23-16(13)21-11-3-4-11)24-8-10(7-20-24)17(25)26/h5-9,11H,3-4H2,1-2H3,(H,25,26)(H,21,22,23). The van der Waals surface area contributed by atoms with Crippen molar-refractivity contribution in [2.75, 3.05) is 5.32 Å². The van der Waals surface area contributed by atoms with Crippen molar-refractivity contribution >= 4 is 34.3 Å². The van der Waals surface area contributed by atoms with E-state index in [1.165, 1.54) is 17.1 Å². The van der Waals surface area contributed by atoms with Gasteiger partial charge in [-0.3, -0.25) is 0 Å². The number of aromatic nitrogens is 4. The second kappa shape index (κ2) is 6.25. The number of carbonyl (C=O) groups is 1. The number of anilines is 1. The molecule has 0 unspecified atom stereocenters. The van der Waals surface area contributed by atoms with Crippen molar-refractivity contribution in [3.05, 3.63) is 40.7 Å². The van der Waals surface area contributed by atoms with Crippen molar-refractivity contribution in [3.8, 4) is 5.95 Å². The minimum absolute atomic E-state index is 0.0820. The molecule has 0 atom stereocenters. The summed E-state index contributed by atoms with van der Waals surface area (Å²) >= 11 is 6.43. The number of hydrogen-bond donors (Lipinski definition) is 2. The molecule has 2 N–H and O–H groups in total. The summed E-state index contributed by atoms with van der Waals surface area (Å²) in [5.41, 5.74) is 1.82. The molecule has 2 aromatic heterocycles. The number of nitrogens with zero attached hydrogens (tertiary/aromatic N) is 4. The molecular formula is C18H18ClN5O2. The summed E-state index contributed by atoms with van der Waals surface area (Å²) in [6.45, 7) is 4.18. The second-order valence-corrected chi connectivity index (χ2v) is 7.22. The van der Waals surface area contributed by atoms with E-state index in [9.17, 15) is 4.79 Å². The predicted octanol–water partition coefficient (Wildman–Crippen LogP) is 3.86. The van der Waals surface area contributed by atoms with Gasteiger partial charge in [-0.25, -0.2) is 14.5 Å². The van der Waals surface area contributed by atoms with Crippen LogP contribution in [0.1, 0.15) is 48.5 Å². The van der Waals surface area contributed by atoms with Crippen LogP contribution in [0, 0.1) is 0 Å². The molecule has 0 bridgehead atoms. The molecule has 1 aromatic carbocycles. The monoisotopic (exact) mass is 371 g/mol. The van der Waals surface area contributed by atoms with Gasteiger partial charge in [-0.15, -0.1) is 0 Å². The Balaban J connectivity index is 1.88. The van der Waals surface area contributed by atoms with E-state index in [0.717, 1.165) is 29.6 Å². The maximum absolute atomic E-state index is 11.1. The quantitative estimate of drug-likeness (QED) is 0.707. The number of rotatable bonds is 5. The molecule has 0 spiro atoms. The van der Waals surface area contributed by atoms with Gasteiger partial charge in [-0.1, -0.05) is 25.4 Å². The van der Waals surface area contributed by atoms with Crippen LogP contribution < -0.4 is 5.32 Å². The van der Waals surface area contributed by atoms with Crippen molar-refractivity contribution in [2.24, 2.45) is 0 Å². The van der Waals surface area contributed by atoms with Gasteiger partial charge in [0.05, 0.1) is 17.3 Å². The minimum atomic E-state index is -1.04. The fourth-order valence-electron chi connectivity index (χ4n) is 2.77. The van der Waals surface area contributed by atoms with E-state index < -0.39 is 5.97 Å². The Morgan fingerprint density at radius 3 is 2.73 bits per heavy atom. The molecule has 3 aromatic rings. The van der Waals surface area contributed by atoms with Crippen LogP contribution in [0.3, 0.4) is 0 Å². The molecule has 4 rings (SSSR count). The minimum Gasteiger partial charge on any atom is -0.478 e. The maximum atomic E-state index is 11.1. The van der Waals surface area contributed by atoms with Gasteiger partial charge in [0.25, 0.3) is 5.95 Å². The van der Waals surface area contributed by atoms with Crippen LogP contribution >= 0.6 is 11.6 Å². The summed E-state index contributed by atoms with van der Waals surface area (Å²) in [7, 11) is 0. The third-order valence-corrected chi connectivity index (χ3v) is 4.70. The normalized spacial score (nSPS) is 14.2. The molecule has 0 saturated heterocycles. The van der Waals surface area contributed by atoms with Gasteiger partial charge in [-0.05, 0) is 36.5 Å². The van der Waals surface area contributed by atoms with Crippen LogP contribution in [-0.4, -0.2) is 36.9 Å². The van der Waals surface area contributed by atoms with Crippen LogP contribution in [0.25, 0.3) is 16.9 Å². The maximum Gasteiger partial charge on any atom is 0.338 e. The van der Waals surface area contributed by atoms with E-state index in [2.05, 4.69) is 34.2 Å². The third kappa shape index (κ3) is 3.10. The molecular weight excluding hydrogens is 354 g/mol. The fourth-order valence-corrected chi connectivity index (χ4v) is 3.15. The van der Waals surface area contributed by atoms with Gasteiger partial charge in [-0.2, -0.15) is 10.1 Å². The van der Waals surface area contributed by atoms with Crippen molar-refractivity contribution in [3.63, 3.8) is 0 Å². The van der Waals surface area contributed by atoms with Crippen LogP contribution in [0.2, 0.25) is 5.02 Å². The van der Waals surface area contributed by atoms with E-state index in [1.54, 1.807) is 0 Å². The van der Waals surface area contributed by atoms with Crippen molar-refractivity contribution in [1.82, 2.24) is 19.7 Å². The van der Waals surface area contributed by atoms with Gasteiger partial charge in [0.15, 0.2) is 0 Å². The zero-order chi connectivity index (χ0) is 18.4. The van der Waals surface area contributed by atoms with Gasteiger partial charge in [0.1, 0.15) is 5.82 Å². The highest BCUT2D eigenvalue weighted by molar-refractivity contribution is 6.32. The van der Waals surface area contributed by atoms with E-state index in [0.29, 0.717) is 22.5 Å². The van der Waals surface area contributed by atoms with E-state index >= 15 is 0 Å². The largest absolute Gasteiger partial charge is 0.478 e. The highest BCUT2D eigenvalue weighted by atomic mass is 35.5. The van der Waals surface area contributed by atoms with E-state index in [-0.39, 0.29) is 11.5 Å². The second-order valence-electron chi connectivity index (χ2n) is 6.82. The third-order valence-electron chi connectivity index (χ3n) is 4.38. The Hall–Kier alpha value is -2.67. The predicted molar refractivity (Wildman–Crippen MR) is 99.4 cm³/mol. The summed E-state index contributed by atoms with van der Waals surface area (Å²) in [6.07, 6.45) is 4.89. The Morgan fingerprint density at radius 2 is 2.12 bits per heavy atom. The van der Waals surface area contributed by atoms with Gasteiger partial charge >= 0.3 is 5.97 Å². The molecule has 8 heteroatoms. The molecule has 0 aliphatic heterocycles. The molecule has 1 aliphatic rings. The Bertz CT molecular complexity index is 1010. The lowest BCUT2D eigenvalue weighted by Crippen LogP contribution is -2.09. The Kier molecular flexibility index (Phi) is 4.03. The van der Waals surface area contributed by atoms with Crippen LogP contribution in [0.15, 0.2) is 24.5 Å². The number of hydrogen-bond acceptors (Lipinski definition) is 5. The van der Waals surface area contributed by atoms with Crippen molar-refractivity contribution in [1.29, 1.82) is 0 Å². The first-order chi connectivity index (χ1) is 12.4. The zero-order valence-corrected chi connectivity index (χ0v) is 15.2. The van der Waals surface area contributed by atoms with Crippen molar-refractivity contribution < 1.29 is 9.90 Å². The first-order valence-corrected chi connectivity index (χ1v) is 8.86. The van der Waals surface area contributed by atoms with Gasteiger partial charge < -0.3 is 10.4 Å². The molecule has 26 heavy (non-hydrogen) atoms. The first-order valence-electron chi connectivity index (χ1n) is 8.48. The molecule has 7 nitrogen and oxygen atoms in total. The highest BCUT2D eigenvalue weighted by Crippen LogP contribution is 2.34. The number of halogens is 1. The van der Waals surface area contributed by atoms with Crippen molar-refractivity contribution in [2.45, 2.75) is 38.6 Å². The summed E-state index contributed by atoms with van der Waals surface area (Å²) in [4.78, 5) is 20.2. The fraction of sp³-hybridized carbons (Fsp3) is 0.333. The average Bonchev–Trinajstić information content (AvgIpc) is 3.25. The average molecular weight is 372 g/mol. The lowest BCUT2D eigenvalue weighted by molar-refractivity contribution is 0.0697. The molecule has 1 saturated carbocycles. The number of fused-ring (bicyclic) bond motifs is 1. The number of carboxylic acids is 1. The lowest BCUT2D eigenvalue weighted by atomic mass is 10.0. The Labute approximate surface area is 155 Å². The summed E-state index contributed by atoms with van der Waals surface area (Å²) in [6, 6.07) is 4.27. The molecule has 0 amide bonds. The van der Waals surface area contributed by atoms with Gasteiger partial charge in [0, 0.05) is 22.6 Å². The molecule has 134 valence electrons. The molecule has 0 radical (unpaired) electrons.